The van der Waals surface area contributed by atoms with E-state index >= 15 is 0 Å². The van der Waals surface area contributed by atoms with Crippen LogP contribution in [-0.2, 0) is 5.41 Å². The lowest BCUT2D eigenvalue weighted by Crippen LogP contribution is -2.25. The highest BCUT2D eigenvalue weighted by atomic mass is 14.4. The van der Waals surface area contributed by atoms with Crippen molar-refractivity contribution >= 4 is 0 Å². The Morgan fingerprint density at radius 2 is 1.33 bits per heavy atom. The Kier molecular flexibility index (Phi) is 3.46. The first kappa shape index (κ1) is 12.0. The standard InChI is InChI=1S/C17H13N/c1-2-13-17(14-18,15-9-5-3-6-10-15)16-11-7-4-8-12-16/h1,3-12H,13H2. The lowest BCUT2D eigenvalue weighted by atomic mass is 9.73. The van der Waals surface area contributed by atoms with Crippen LogP contribution >= 0.6 is 0 Å². The van der Waals surface area contributed by atoms with E-state index in [0.717, 1.165) is 11.1 Å². The molecule has 0 aliphatic heterocycles. The predicted octanol–water partition coefficient (Wildman–Crippen LogP) is 3.52. The summed E-state index contributed by atoms with van der Waals surface area (Å²) in [5.74, 6) is 2.63. The van der Waals surface area contributed by atoms with Crippen molar-refractivity contribution in [3.05, 3.63) is 71.8 Å². The molecule has 2 aromatic rings. The second-order valence-corrected chi connectivity index (χ2v) is 4.13. The van der Waals surface area contributed by atoms with Crippen molar-refractivity contribution in [3.63, 3.8) is 0 Å². The van der Waals surface area contributed by atoms with Gasteiger partial charge in [-0.1, -0.05) is 60.7 Å². The molecular weight excluding hydrogens is 218 g/mol. The lowest BCUT2D eigenvalue weighted by molar-refractivity contribution is 0.681. The molecule has 86 valence electrons. The third kappa shape index (κ3) is 1.99. The molecule has 0 saturated heterocycles. The van der Waals surface area contributed by atoms with Gasteiger partial charge < -0.3 is 0 Å². The fraction of sp³-hybridized carbons (Fsp3) is 0.118. The van der Waals surface area contributed by atoms with Crippen molar-refractivity contribution in [2.75, 3.05) is 0 Å². The first-order valence-electron chi connectivity index (χ1n) is 5.79. The largest absolute Gasteiger partial charge is 0.197 e. The molecule has 0 spiro atoms. The van der Waals surface area contributed by atoms with E-state index in [1.54, 1.807) is 0 Å². The fourth-order valence-electron chi connectivity index (χ4n) is 2.14. The van der Waals surface area contributed by atoms with Crippen LogP contribution in [0.4, 0.5) is 0 Å². The molecule has 0 N–H and O–H groups in total. The lowest BCUT2D eigenvalue weighted by Gasteiger charge is -2.25. The molecule has 0 aliphatic carbocycles. The van der Waals surface area contributed by atoms with Gasteiger partial charge in [0.25, 0.3) is 0 Å². The number of terminal acetylenes is 1. The molecular formula is C17H13N. The van der Waals surface area contributed by atoms with Gasteiger partial charge in [0.05, 0.1) is 6.07 Å². The highest BCUT2D eigenvalue weighted by Crippen LogP contribution is 2.34. The Bertz CT molecular complexity index is 546. The van der Waals surface area contributed by atoms with Crippen molar-refractivity contribution in [2.24, 2.45) is 0 Å². The second-order valence-electron chi connectivity index (χ2n) is 4.13. The number of nitrogens with zero attached hydrogens (tertiary/aromatic N) is 1. The van der Waals surface area contributed by atoms with Gasteiger partial charge in [-0.3, -0.25) is 0 Å². The quantitative estimate of drug-likeness (QED) is 0.741. The first-order chi connectivity index (χ1) is 8.83. The molecule has 0 unspecified atom stereocenters. The molecule has 0 saturated carbocycles. The third-order valence-electron chi connectivity index (χ3n) is 3.09. The van der Waals surface area contributed by atoms with E-state index in [-0.39, 0.29) is 0 Å². The molecule has 0 radical (unpaired) electrons. The number of hydrogen-bond acceptors (Lipinski definition) is 1. The van der Waals surface area contributed by atoms with Gasteiger partial charge in [0.2, 0.25) is 0 Å². The Hall–Kier alpha value is -2.51. The Balaban J connectivity index is 2.63. The van der Waals surface area contributed by atoms with Gasteiger partial charge in [-0.25, -0.2) is 0 Å². The maximum absolute atomic E-state index is 9.67. The zero-order valence-corrected chi connectivity index (χ0v) is 10.0. The number of rotatable bonds is 3. The molecule has 1 heteroatoms. The van der Waals surface area contributed by atoms with Gasteiger partial charge >= 0.3 is 0 Å². The molecule has 0 bridgehead atoms. The number of benzene rings is 2. The van der Waals surface area contributed by atoms with Crippen LogP contribution in [0.3, 0.4) is 0 Å². The Morgan fingerprint density at radius 3 is 1.67 bits per heavy atom. The normalized spacial score (nSPS) is 10.3. The zero-order valence-electron chi connectivity index (χ0n) is 10.0. The van der Waals surface area contributed by atoms with Crippen molar-refractivity contribution in [1.29, 1.82) is 5.26 Å². The van der Waals surface area contributed by atoms with E-state index in [1.165, 1.54) is 0 Å². The third-order valence-corrected chi connectivity index (χ3v) is 3.09. The summed E-state index contributed by atoms with van der Waals surface area (Å²) in [5, 5.41) is 9.67. The van der Waals surface area contributed by atoms with Crippen LogP contribution in [0, 0.1) is 23.7 Å². The van der Waals surface area contributed by atoms with Crippen molar-refractivity contribution in [1.82, 2.24) is 0 Å². The van der Waals surface area contributed by atoms with Crippen LogP contribution in [0.15, 0.2) is 60.7 Å². The number of hydrogen-bond donors (Lipinski definition) is 0. The monoisotopic (exact) mass is 231 g/mol. The van der Waals surface area contributed by atoms with Crippen LogP contribution in [0.25, 0.3) is 0 Å². The van der Waals surface area contributed by atoms with Gasteiger partial charge in [0.15, 0.2) is 0 Å². The van der Waals surface area contributed by atoms with Gasteiger partial charge in [-0.15, -0.1) is 12.3 Å². The maximum atomic E-state index is 9.67. The van der Waals surface area contributed by atoms with Crippen LogP contribution in [0.5, 0.6) is 0 Å². The molecule has 2 rings (SSSR count). The van der Waals surface area contributed by atoms with E-state index < -0.39 is 5.41 Å². The van der Waals surface area contributed by atoms with Crippen molar-refractivity contribution in [3.8, 4) is 18.4 Å². The molecule has 2 aromatic carbocycles. The summed E-state index contributed by atoms with van der Waals surface area (Å²) in [5.41, 5.74) is 1.13. The van der Waals surface area contributed by atoms with E-state index in [9.17, 15) is 5.26 Å². The van der Waals surface area contributed by atoms with Gasteiger partial charge in [0.1, 0.15) is 5.41 Å². The van der Waals surface area contributed by atoms with Gasteiger partial charge in [-0.05, 0) is 11.1 Å². The van der Waals surface area contributed by atoms with E-state index in [2.05, 4.69) is 12.0 Å². The summed E-state index contributed by atoms with van der Waals surface area (Å²) in [6, 6.07) is 21.8. The molecule has 0 heterocycles. The smallest absolute Gasteiger partial charge is 0.118 e. The molecule has 0 aromatic heterocycles. The first-order valence-corrected chi connectivity index (χ1v) is 5.79. The van der Waals surface area contributed by atoms with Crippen molar-refractivity contribution < 1.29 is 0 Å². The predicted molar refractivity (Wildman–Crippen MR) is 72.7 cm³/mol. The average Bonchev–Trinajstić information content (AvgIpc) is 2.47. The minimum absolute atomic E-state index is 0.373. The van der Waals surface area contributed by atoms with Crippen LogP contribution in [0.1, 0.15) is 17.5 Å². The van der Waals surface area contributed by atoms with Gasteiger partial charge in [-0.2, -0.15) is 5.26 Å². The second kappa shape index (κ2) is 5.21. The van der Waals surface area contributed by atoms with Crippen LogP contribution < -0.4 is 0 Å². The molecule has 0 fully saturated rings. The minimum Gasteiger partial charge on any atom is -0.197 e. The molecule has 0 aliphatic rings. The summed E-state index contributed by atoms with van der Waals surface area (Å²) >= 11 is 0. The minimum atomic E-state index is -0.753. The van der Waals surface area contributed by atoms with E-state index in [4.69, 9.17) is 6.42 Å². The molecule has 1 nitrogen and oxygen atoms in total. The Labute approximate surface area is 108 Å². The maximum Gasteiger partial charge on any atom is 0.118 e. The van der Waals surface area contributed by atoms with Crippen LogP contribution in [-0.4, -0.2) is 0 Å². The summed E-state index contributed by atoms with van der Waals surface area (Å²) in [7, 11) is 0. The van der Waals surface area contributed by atoms with Gasteiger partial charge in [0, 0.05) is 6.42 Å². The highest BCUT2D eigenvalue weighted by Gasteiger charge is 2.33. The summed E-state index contributed by atoms with van der Waals surface area (Å²) in [4.78, 5) is 0. The highest BCUT2D eigenvalue weighted by molar-refractivity contribution is 5.47. The summed E-state index contributed by atoms with van der Waals surface area (Å²) < 4.78 is 0. The van der Waals surface area contributed by atoms with E-state index in [0.29, 0.717) is 6.42 Å². The molecule has 18 heavy (non-hydrogen) atoms. The Morgan fingerprint density at radius 1 is 0.889 bits per heavy atom. The van der Waals surface area contributed by atoms with Crippen molar-refractivity contribution in [2.45, 2.75) is 11.8 Å². The SMILES string of the molecule is C#CCC(C#N)(c1ccccc1)c1ccccc1. The summed E-state index contributed by atoms with van der Waals surface area (Å²) in [6.07, 6.45) is 5.84. The average molecular weight is 231 g/mol. The number of nitriles is 1. The zero-order chi connectivity index (χ0) is 12.8. The van der Waals surface area contributed by atoms with E-state index in [1.807, 2.05) is 60.7 Å². The summed E-state index contributed by atoms with van der Waals surface area (Å²) in [6.45, 7) is 0. The fourth-order valence-corrected chi connectivity index (χ4v) is 2.14. The molecule has 0 atom stereocenters. The van der Waals surface area contributed by atoms with Crippen LogP contribution in [0.2, 0.25) is 0 Å². The molecule has 0 amide bonds. The topological polar surface area (TPSA) is 23.8 Å².